The number of unbranched alkanes of at least 4 members (excludes halogenated alkanes) is 2. The number of hydrogen-bond acceptors (Lipinski definition) is 2. The van der Waals surface area contributed by atoms with Gasteiger partial charge in [0.25, 0.3) is 5.97 Å². The molecule has 0 saturated heterocycles. The number of carboxylic acids is 1. The lowest BCUT2D eigenvalue weighted by atomic mass is 10.3. The van der Waals surface area contributed by atoms with E-state index in [1.54, 1.807) is 0 Å². The Kier molecular flexibility index (Phi) is 24.7. The van der Waals surface area contributed by atoms with Gasteiger partial charge in [0, 0.05) is 13.5 Å². The molecule has 11 heavy (non-hydrogen) atoms. The predicted molar refractivity (Wildman–Crippen MR) is 43.5 cm³/mol. The molecule has 0 radical (unpaired) electrons. The molecule has 0 rings (SSSR count). The van der Waals surface area contributed by atoms with Crippen LogP contribution in [0.25, 0.3) is 0 Å². The summed E-state index contributed by atoms with van der Waals surface area (Å²) in [6.45, 7) is 3.56. The van der Waals surface area contributed by atoms with E-state index < -0.39 is 5.97 Å². The molecule has 70 valence electrons. The van der Waals surface area contributed by atoms with Gasteiger partial charge in [0.1, 0.15) is 0 Å². The summed E-state index contributed by atoms with van der Waals surface area (Å²) >= 11 is 0. The minimum Gasteiger partial charge on any atom is -0.481 e. The standard InChI is InChI=1S/C5H12O.C2H4O2.H2O/c1-2-3-4-5-6;1-2(3)4;/h6H,2-5H2,1H3;1H3,(H,3,4);1H2. The molecule has 0 aromatic rings. The zero-order valence-corrected chi connectivity index (χ0v) is 7.13. The van der Waals surface area contributed by atoms with Gasteiger partial charge in [0.05, 0.1) is 0 Å². The van der Waals surface area contributed by atoms with Crippen molar-refractivity contribution < 1.29 is 20.5 Å². The van der Waals surface area contributed by atoms with E-state index in [4.69, 9.17) is 15.0 Å². The van der Waals surface area contributed by atoms with Crippen LogP contribution in [0.4, 0.5) is 0 Å². The van der Waals surface area contributed by atoms with Crippen LogP contribution in [0.2, 0.25) is 0 Å². The summed E-state index contributed by atoms with van der Waals surface area (Å²) in [5.41, 5.74) is 0. The van der Waals surface area contributed by atoms with Crippen LogP contribution in [0.1, 0.15) is 33.1 Å². The van der Waals surface area contributed by atoms with Gasteiger partial charge in [-0.15, -0.1) is 0 Å². The molecule has 4 N–H and O–H groups in total. The van der Waals surface area contributed by atoms with Crippen molar-refractivity contribution in [3.05, 3.63) is 0 Å². The summed E-state index contributed by atoms with van der Waals surface area (Å²) in [7, 11) is 0. The molecular weight excluding hydrogens is 148 g/mol. The van der Waals surface area contributed by atoms with E-state index in [1.165, 1.54) is 6.42 Å². The quantitative estimate of drug-likeness (QED) is 0.596. The van der Waals surface area contributed by atoms with Crippen molar-refractivity contribution in [2.75, 3.05) is 6.61 Å². The summed E-state index contributed by atoms with van der Waals surface area (Å²) in [5, 5.41) is 15.6. The van der Waals surface area contributed by atoms with Gasteiger partial charge in [0.2, 0.25) is 0 Å². The number of aliphatic carboxylic acids is 1. The highest BCUT2D eigenvalue weighted by Gasteiger charge is 1.76. The largest absolute Gasteiger partial charge is 0.481 e. The van der Waals surface area contributed by atoms with E-state index in [1.807, 2.05) is 0 Å². The second kappa shape index (κ2) is 16.2. The SMILES string of the molecule is CC(=O)O.CCCCCO.O. The van der Waals surface area contributed by atoms with Gasteiger partial charge in [-0.05, 0) is 6.42 Å². The van der Waals surface area contributed by atoms with E-state index in [0.717, 1.165) is 19.8 Å². The summed E-state index contributed by atoms with van der Waals surface area (Å²) < 4.78 is 0. The lowest BCUT2D eigenvalue weighted by molar-refractivity contribution is -0.134. The van der Waals surface area contributed by atoms with E-state index in [-0.39, 0.29) is 5.48 Å². The van der Waals surface area contributed by atoms with E-state index >= 15 is 0 Å². The zero-order valence-electron chi connectivity index (χ0n) is 7.13. The number of carboxylic acid groups (broad SMARTS) is 1. The first-order chi connectivity index (χ1) is 4.65. The fraction of sp³-hybridized carbons (Fsp3) is 0.857. The average Bonchev–Trinajstić information content (AvgIpc) is 1.82. The molecule has 0 amide bonds. The van der Waals surface area contributed by atoms with Gasteiger partial charge in [-0.3, -0.25) is 4.79 Å². The molecule has 0 heterocycles. The topological polar surface area (TPSA) is 89.0 Å². The smallest absolute Gasteiger partial charge is 0.300 e. The third-order valence-corrected chi connectivity index (χ3v) is 0.762. The van der Waals surface area contributed by atoms with Crippen LogP contribution < -0.4 is 0 Å². The minimum atomic E-state index is -0.833. The van der Waals surface area contributed by atoms with Crippen molar-refractivity contribution in [3.63, 3.8) is 0 Å². The van der Waals surface area contributed by atoms with E-state index in [2.05, 4.69) is 6.92 Å². The molecule has 4 heteroatoms. The van der Waals surface area contributed by atoms with Gasteiger partial charge < -0.3 is 15.7 Å². The summed E-state index contributed by atoms with van der Waals surface area (Å²) in [5.74, 6) is -0.833. The molecule has 4 nitrogen and oxygen atoms in total. The molecule has 0 bridgehead atoms. The maximum absolute atomic E-state index is 9.00. The van der Waals surface area contributed by atoms with Gasteiger partial charge in [0.15, 0.2) is 0 Å². The van der Waals surface area contributed by atoms with Crippen LogP contribution in [0, 0.1) is 0 Å². The predicted octanol–water partition coefficient (Wildman–Crippen LogP) is 0.435. The molecule has 0 spiro atoms. The van der Waals surface area contributed by atoms with Crippen molar-refractivity contribution in [2.45, 2.75) is 33.1 Å². The third kappa shape index (κ3) is 89.8. The Morgan fingerprint density at radius 2 is 1.73 bits per heavy atom. The van der Waals surface area contributed by atoms with Crippen LogP contribution >= 0.6 is 0 Å². The maximum Gasteiger partial charge on any atom is 0.300 e. The van der Waals surface area contributed by atoms with Gasteiger partial charge in [-0.1, -0.05) is 19.8 Å². The second-order valence-corrected chi connectivity index (χ2v) is 1.95. The van der Waals surface area contributed by atoms with Crippen molar-refractivity contribution in [1.82, 2.24) is 0 Å². The Bertz CT molecular complexity index is 64.8. The molecule has 0 aromatic heterocycles. The minimum absolute atomic E-state index is 0. The molecule has 0 aromatic carbocycles. The molecule has 0 saturated carbocycles. The number of aliphatic hydroxyl groups is 1. The van der Waals surface area contributed by atoms with Crippen molar-refractivity contribution in [2.24, 2.45) is 0 Å². The second-order valence-electron chi connectivity index (χ2n) is 1.95. The zero-order chi connectivity index (χ0) is 8.41. The molecule has 0 atom stereocenters. The third-order valence-electron chi connectivity index (χ3n) is 0.762. The Morgan fingerprint density at radius 1 is 1.36 bits per heavy atom. The fourth-order valence-corrected chi connectivity index (χ4v) is 0.362. The highest BCUT2D eigenvalue weighted by molar-refractivity contribution is 5.62. The average molecular weight is 166 g/mol. The van der Waals surface area contributed by atoms with Crippen LogP contribution in [-0.2, 0) is 4.79 Å². The lowest BCUT2D eigenvalue weighted by Gasteiger charge is -1.85. The normalized spacial score (nSPS) is 7.18. The van der Waals surface area contributed by atoms with Gasteiger partial charge in [-0.25, -0.2) is 0 Å². The van der Waals surface area contributed by atoms with Crippen molar-refractivity contribution >= 4 is 5.97 Å². The van der Waals surface area contributed by atoms with Crippen LogP contribution in [0.15, 0.2) is 0 Å². The molecule has 0 aliphatic rings. The maximum atomic E-state index is 9.00. The van der Waals surface area contributed by atoms with E-state index in [0.29, 0.717) is 6.61 Å². The number of hydrogen-bond donors (Lipinski definition) is 2. The Morgan fingerprint density at radius 3 is 1.82 bits per heavy atom. The van der Waals surface area contributed by atoms with Crippen molar-refractivity contribution in [1.29, 1.82) is 0 Å². The Labute approximate surface area is 67.2 Å². The summed E-state index contributed by atoms with van der Waals surface area (Å²) in [6, 6.07) is 0. The summed E-state index contributed by atoms with van der Waals surface area (Å²) in [6.07, 6.45) is 3.33. The van der Waals surface area contributed by atoms with Crippen LogP contribution in [0.5, 0.6) is 0 Å². The van der Waals surface area contributed by atoms with Gasteiger partial charge in [-0.2, -0.15) is 0 Å². The molecule has 0 aliphatic heterocycles. The number of aliphatic hydroxyl groups excluding tert-OH is 1. The van der Waals surface area contributed by atoms with Crippen molar-refractivity contribution in [3.8, 4) is 0 Å². The number of rotatable bonds is 3. The van der Waals surface area contributed by atoms with Gasteiger partial charge >= 0.3 is 0 Å². The lowest BCUT2D eigenvalue weighted by Crippen LogP contribution is -1.78. The highest BCUT2D eigenvalue weighted by atomic mass is 16.4. The Balaban J connectivity index is -0.000000114. The van der Waals surface area contributed by atoms with E-state index in [9.17, 15) is 0 Å². The first-order valence-corrected chi connectivity index (χ1v) is 3.45. The monoisotopic (exact) mass is 166 g/mol. The highest BCUT2D eigenvalue weighted by Crippen LogP contribution is 1.89. The van der Waals surface area contributed by atoms with Crippen LogP contribution in [-0.4, -0.2) is 28.3 Å². The molecular formula is C7H18O4. The van der Waals surface area contributed by atoms with Crippen LogP contribution in [0.3, 0.4) is 0 Å². The molecule has 0 unspecified atom stereocenters. The fourth-order valence-electron chi connectivity index (χ4n) is 0.362. The molecule has 0 aliphatic carbocycles. The summed E-state index contributed by atoms with van der Waals surface area (Å²) in [4.78, 5) is 9.00. The number of carbonyl (C=O) groups is 1. The first kappa shape index (κ1) is 16.8. The Hall–Kier alpha value is -0.610. The first-order valence-electron chi connectivity index (χ1n) is 3.45. The molecule has 0 fully saturated rings.